The Morgan fingerprint density at radius 2 is 2.50 bits per heavy atom. The van der Waals surface area contributed by atoms with E-state index in [0.717, 1.165) is 13.2 Å². The largest absolute Gasteiger partial charge is 0.372 e. The van der Waals surface area contributed by atoms with Crippen LogP contribution in [0.4, 0.5) is 0 Å². The SMILES string of the molecule is [NH3+]C[C@@H]1CCO1. The summed E-state index contributed by atoms with van der Waals surface area (Å²) in [6.07, 6.45) is 1.73. The highest BCUT2D eigenvalue weighted by Gasteiger charge is 2.16. The molecule has 0 aromatic rings. The maximum Gasteiger partial charge on any atom is 0.108 e. The summed E-state index contributed by atoms with van der Waals surface area (Å²) < 4.78 is 5.02. The van der Waals surface area contributed by atoms with Crippen LogP contribution in [0, 0.1) is 0 Å². The van der Waals surface area contributed by atoms with E-state index < -0.39 is 0 Å². The monoisotopic (exact) mass is 88.1 g/mol. The van der Waals surface area contributed by atoms with Crippen LogP contribution >= 0.6 is 0 Å². The predicted molar refractivity (Wildman–Crippen MR) is 22.1 cm³/mol. The standard InChI is InChI=1S/C4H9NO/c5-3-4-1-2-6-4/h4H,1-3,5H2/p+1/t4-/m0/s1. The second-order valence-electron chi connectivity index (χ2n) is 1.57. The van der Waals surface area contributed by atoms with Crippen LogP contribution in [0.2, 0.25) is 0 Å². The van der Waals surface area contributed by atoms with E-state index >= 15 is 0 Å². The second kappa shape index (κ2) is 1.58. The summed E-state index contributed by atoms with van der Waals surface area (Å²) in [5.74, 6) is 0. The van der Waals surface area contributed by atoms with E-state index in [1.807, 2.05) is 0 Å². The molecule has 0 aromatic heterocycles. The minimum atomic E-state index is 0.505. The van der Waals surface area contributed by atoms with E-state index in [9.17, 15) is 0 Å². The molecular formula is C4H10NO+. The third kappa shape index (κ3) is 0.533. The summed E-state index contributed by atoms with van der Waals surface area (Å²) in [5, 5.41) is 0. The third-order valence-corrected chi connectivity index (χ3v) is 1.12. The molecule has 0 spiro atoms. The van der Waals surface area contributed by atoms with Crippen LogP contribution in [0.25, 0.3) is 0 Å². The van der Waals surface area contributed by atoms with Crippen LogP contribution in [0.3, 0.4) is 0 Å². The quantitative estimate of drug-likeness (QED) is 0.439. The second-order valence-corrected chi connectivity index (χ2v) is 1.57. The first kappa shape index (κ1) is 4.09. The van der Waals surface area contributed by atoms with Gasteiger partial charge in [-0.3, -0.25) is 0 Å². The summed E-state index contributed by atoms with van der Waals surface area (Å²) in [7, 11) is 0. The highest BCUT2D eigenvalue weighted by Crippen LogP contribution is 2.06. The molecule has 1 fully saturated rings. The minimum absolute atomic E-state index is 0.505. The Balaban J connectivity index is 2.01. The highest BCUT2D eigenvalue weighted by molar-refractivity contribution is 4.62. The summed E-state index contributed by atoms with van der Waals surface area (Å²) in [5.41, 5.74) is 3.68. The van der Waals surface area contributed by atoms with Crippen LogP contribution in [0.15, 0.2) is 0 Å². The molecule has 0 unspecified atom stereocenters. The highest BCUT2D eigenvalue weighted by atomic mass is 16.5. The van der Waals surface area contributed by atoms with Crippen LogP contribution in [0.1, 0.15) is 6.42 Å². The molecule has 2 nitrogen and oxygen atoms in total. The van der Waals surface area contributed by atoms with E-state index in [1.54, 1.807) is 0 Å². The van der Waals surface area contributed by atoms with Gasteiger partial charge in [-0.25, -0.2) is 0 Å². The minimum Gasteiger partial charge on any atom is -0.372 e. The van der Waals surface area contributed by atoms with Crippen molar-refractivity contribution < 1.29 is 10.5 Å². The molecule has 1 aliphatic rings. The van der Waals surface area contributed by atoms with Crippen LogP contribution in [-0.4, -0.2) is 19.3 Å². The summed E-state index contributed by atoms with van der Waals surface area (Å²) >= 11 is 0. The lowest BCUT2D eigenvalue weighted by atomic mass is 10.2. The fraction of sp³-hybridized carbons (Fsp3) is 1.00. The Bertz CT molecular complexity index is 40.1. The first-order valence-corrected chi connectivity index (χ1v) is 2.34. The number of rotatable bonds is 1. The van der Waals surface area contributed by atoms with Crippen molar-refractivity contribution >= 4 is 0 Å². The Morgan fingerprint density at radius 3 is 2.50 bits per heavy atom. The zero-order chi connectivity index (χ0) is 4.41. The molecule has 1 heterocycles. The Morgan fingerprint density at radius 1 is 1.83 bits per heavy atom. The predicted octanol–water partition coefficient (Wildman–Crippen LogP) is -0.983. The molecule has 0 radical (unpaired) electrons. The molecule has 0 amide bonds. The van der Waals surface area contributed by atoms with E-state index in [0.29, 0.717) is 6.10 Å². The average molecular weight is 88.1 g/mol. The van der Waals surface area contributed by atoms with Crippen molar-refractivity contribution in [3.63, 3.8) is 0 Å². The van der Waals surface area contributed by atoms with E-state index in [2.05, 4.69) is 5.73 Å². The Kier molecular flexibility index (Phi) is 1.08. The van der Waals surface area contributed by atoms with Crippen LogP contribution < -0.4 is 5.73 Å². The lowest BCUT2D eigenvalue weighted by Gasteiger charge is -2.22. The molecule has 1 saturated heterocycles. The normalized spacial score (nSPS) is 32.5. The number of hydrogen-bond acceptors (Lipinski definition) is 1. The van der Waals surface area contributed by atoms with Gasteiger partial charge >= 0.3 is 0 Å². The average Bonchev–Trinajstić information content (AvgIpc) is 1.31. The van der Waals surface area contributed by atoms with E-state index in [1.165, 1.54) is 6.42 Å². The maximum absolute atomic E-state index is 5.02. The molecule has 0 saturated carbocycles. The van der Waals surface area contributed by atoms with Crippen molar-refractivity contribution in [2.75, 3.05) is 13.2 Å². The summed E-state index contributed by atoms with van der Waals surface area (Å²) in [4.78, 5) is 0. The van der Waals surface area contributed by atoms with Crippen molar-refractivity contribution in [3.05, 3.63) is 0 Å². The topological polar surface area (TPSA) is 36.9 Å². The lowest BCUT2D eigenvalue weighted by Crippen LogP contribution is -2.58. The fourth-order valence-electron chi connectivity index (χ4n) is 0.512. The molecule has 1 aliphatic heterocycles. The first-order chi connectivity index (χ1) is 2.93. The summed E-state index contributed by atoms with van der Waals surface area (Å²) in [6, 6.07) is 0. The van der Waals surface area contributed by atoms with Gasteiger partial charge in [-0.15, -0.1) is 0 Å². The van der Waals surface area contributed by atoms with Crippen molar-refractivity contribution in [1.82, 2.24) is 0 Å². The molecule has 0 aromatic carbocycles. The number of hydrogen-bond donors (Lipinski definition) is 1. The molecule has 6 heavy (non-hydrogen) atoms. The molecule has 0 aliphatic carbocycles. The van der Waals surface area contributed by atoms with Gasteiger partial charge in [0.1, 0.15) is 12.6 Å². The Hall–Kier alpha value is -0.0800. The van der Waals surface area contributed by atoms with Gasteiger partial charge < -0.3 is 10.5 Å². The van der Waals surface area contributed by atoms with E-state index in [-0.39, 0.29) is 0 Å². The van der Waals surface area contributed by atoms with Gasteiger partial charge in [0.15, 0.2) is 0 Å². The molecule has 2 heteroatoms. The molecule has 3 N–H and O–H groups in total. The van der Waals surface area contributed by atoms with Gasteiger partial charge in [-0.2, -0.15) is 0 Å². The fourth-order valence-corrected chi connectivity index (χ4v) is 0.512. The van der Waals surface area contributed by atoms with Crippen molar-refractivity contribution in [2.24, 2.45) is 0 Å². The smallest absolute Gasteiger partial charge is 0.108 e. The third-order valence-electron chi connectivity index (χ3n) is 1.12. The van der Waals surface area contributed by atoms with Crippen molar-refractivity contribution in [1.29, 1.82) is 0 Å². The zero-order valence-electron chi connectivity index (χ0n) is 3.81. The van der Waals surface area contributed by atoms with Gasteiger partial charge in [-0.05, 0) is 0 Å². The zero-order valence-corrected chi connectivity index (χ0v) is 3.81. The van der Waals surface area contributed by atoms with Gasteiger partial charge in [0.2, 0.25) is 0 Å². The summed E-state index contributed by atoms with van der Waals surface area (Å²) in [6.45, 7) is 1.90. The van der Waals surface area contributed by atoms with Crippen LogP contribution in [-0.2, 0) is 4.74 Å². The van der Waals surface area contributed by atoms with Gasteiger partial charge in [0, 0.05) is 13.0 Å². The maximum atomic E-state index is 5.02. The van der Waals surface area contributed by atoms with Gasteiger partial charge in [0.05, 0.1) is 0 Å². The molecule has 0 bridgehead atoms. The number of quaternary nitrogens is 1. The van der Waals surface area contributed by atoms with Crippen molar-refractivity contribution in [3.8, 4) is 0 Å². The van der Waals surface area contributed by atoms with Gasteiger partial charge in [-0.1, -0.05) is 0 Å². The first-order valence-electron chi connectivity index (χ1n) is 2.34. The van der Waals surface area contributed by atoms with Gasteiger partial charge in [0.25, 0.3) is 0 Å². The molecular weight excluding hydrogens is 78.0 g/mol. The molecule has 36 valence electrons. The molecule has 1 rings (SSSR count). The molecule has 1 atom stereocenters. The Labute approximate surface area is 37.3 Å². The van der Waals surface area contributed by atoms with Crippen molar-refractivity contribution in [2.45, 2.75) is 12.5 Å². The van der Waals surface area contributed by atoms with E-state index in [4.69, 9.17) is 4.74 Å². The lowest BCUT2D eigenvalue weighted by molar-refractivity contribution is -0.395. The van der Waals surface area contributed by atoms with Crippen LogP contribution in [0.5, 0.6) is 0 Å². The number of ether oxygens (including phenoxy) is 1.